The maximum atomic E-state index is 13.2. The van der Waals surface area contributed by atoms with E-state index in [1.54, 1.807) is 13.0 Å². The van der Waals surface area contributed by atoms with Crippen LogP contribution in [-0.2, 0) is 16.1 Å². The summed E-state index contributed by atoms with van der Waals surface area (Å²) in [6, 6.07) is 10.6. The molecule has 1 atom stereocenters. The molecular formula is C25H33ClN2O3. The van der Waals surface area contributed by atoms with Crippen molar-refractivity contribution in [2.45, 2.75) is 66.6 Å². The van der Waals surface area contributed by atoms with Gasteiger partial charge in [-0.2, -0.15) is 0 Å². The van der Waals surface area contributed by atoms with Gasteiger partial charge in [-0.15, -0.1) is 0 Å². The third kappa shape index (κ3) is 7.00. The summed E-state index contributed by atoms with van der Waals surface area (Å²) in [5.74, 6) is 0.167. The number of nitrogens with one attached hydrogen (secondary N) is 1. The van der Waals surface area contributed by atoms with Crippen molar-refractivity contribution in [3.8, 4) is 5.75 Å². The molecule has 2 amide bonds. The summed E-state index contributed by atoms with van der Waals surface area (Å²) in [5, 5.41) is 3.50. The summed E-state index contributed by atoms with van der Waals surface area (Å²) in [6.45, 7) is 13.5. The molecule has 0 aliphatic rings. The van der Waals surface area contributed by atoms with Crippen molar-refractivity contribution in [2.24, 2.45) is 0 Å². The molecule has 5 nitrogen and oxygen atoms in total. The number of rotatable bonds is 7. The molecule has 0 spiro atoms. The predicted molar refractivity (Wildman–Crippen MR) is 126 cm³/mol. The zero-order valence-electron chi connectivity index (χ0n) is 19.5. The number of halogens is 1. The Hall–Kier alpha value is -2.53. The van der Waals surface area contributed by atoms with Gasteiger partial charge >= 0.3 is 0 Å². The third-order valence-corrected chi connectivity index (χ3v) is 5.45. The molecule has 0 radical (unpaired) electrons. The Morgan fingerprint density at radius 3 is 2.39 bits per heavy atom. The molecule has 0 aliphatic heterocycles. The number of benzene rings is 2. The highest BCUT2D eigenvalue weighted by atomic mass is 35.5. The number of aryl methyl sites for hydroxylation is 2. The number of nitrogens with zero attached hydrogens (tertiary/aromatic N) is 1. The van der Waals surface area contributed by atoms with Crippen LogP contribution in [0.2, 0.25) is 5.02 Å². The van der Waals surface area contributed by atoms with E-state index >= 15 is 0 Å². The molecule has 0 fully saturated rings. The van der Waals surface area contributed by atoms with Crippen LogP contribution < -0.4 is 10.1 Å². The lowest BCUT2D eigenvalue weighted by Crippen LogP contribution is -2.53. The fraction of sp³-hybridized carbons (Fsp3) is 0.440. The average Bonchev–Trinajstić information content (AvgIpc) is 2.67. The molecule has 0 aromatic heterocycles. The highest BCUT2D eigenvalue weighted by Crippen LogP contribution is 2.24. The Morgan fingerprint density at radius 2 is 1.77 bits per heavy atom. The Bertz CT molecular complexity index is 950. The number of ether oxygens (including phenoxy) is 1. The van der Waals surface area contributed by atoms with Crippen LogP contribution in [0.25, 0.3) is 0 Å². The van der Waals surface area contributed by atoms with Crippen molar-refractivity contribution in [3.63, 3.8) is 0 Å². The second kappa shape index (κ2) is 10.2. The lowest BCUT2D eigenvalue weighted by Gasteiger charge is -2.31. The highest BCUT2D eigenvalue weighted by molar-refractivity contribution is 6.31. The van der Waals surface area contributed by atoms with Crippen molar-refractivity contribution in [1.29, 1.82) is 0 Å². The summed E-state index contributed by atoms with van der Waals surface area (Å²) in [6.07, 6.45) is 0. The van der Waals surface area contributed by atoms with Crippen LogP contribution in [0, 0.1) is 20.8 Å². The van der Waals surface area contributed by atoms with E-state index in [1.807, 2.05) is 65.8 Å². The van der Waals surface area contributed by atoms with Crippen LogP contribution in [0.1, 0.15) is 49.9 Å². The van der Waals surface area contributed by atoms with Crippen LogP contribution in [-0.4, -0.2) is 34.9 Å². The minimum Gasteiger partial charge on any atom is -0.483 e. The molecule has 2 aromatic rings. The van der Waals surface area contributed by atoms with Crippen LogP contribution >= 0.6 is 11.6 Å². The summed E-state index contributed by atoms with van der Waals surface area (Å²) in [4.78, 5) is 27.5. The molecule has 0 saturated heterocycles. The Balaban J connectivity index is 2.25. The maximum Gasteiger partial charge on any atom is 0.261 e. The van der Waals surface area contributed by atoms with Crippen molar-refractivity contribution in [1.82, 2.24) is 10.2 Å². The first-order chi connectivity index (χ1) is 14.4. The van der Waals surface area contributed by atoms with E-state index in [1.165, 1.54) is 4.90 Å². The largest absolute Gasteiger partial charge is 0.483 e. The fourth-order valence-corrected chi connectivity index (χ4v) is 3.44. The third-order valence-electron chi connectivity index (χ3n) is 5.08. The van der Waals surface area contributed by atoms with Gasteiger partial charge in [0.1, 0.15) is 11.8 Å². The van der Waals surface area contributed by atoms with Gasteiger partial charge in [0.05, 0.1) is 0 Å². The van der Waals surface area contributed by atoms with Crippen molar-refractivity contribution in [3.05, 3.63) is 63.7 Å². The van der Waals surface area contributed by atoms with Crippen molar-refractivity contribution in [2.75, 3.05) is 6.61 Å². The monoisotopic (exact) mass is 444 g/mol. The molecular weight excluding hydrogens is 412 g/mol. The van der Waals surface area contributed by atoms with E-state index in [9.17, 15) is 9.59 Å². The van der Waals surface area contributed by atoms with Gasteiger partial charge in [0, 0.05) is 17.1 Å². The van der Waals surface area contributed by atoms with Crippen LogP contribution in [0.5, 0.6) is 5.75 Å². The number of carbonyl (C=O) groups is 2. The number of amides is 2. The molecule has 0 aliphatic carbocycles. The van der Waals surface area contributed by atoms with E-state index in [2.05, 4.69) is 11.4 Å². The van der Waals surface area contributed by atoms with Crippen LogP contribution in [0.15, 0.2) is 36.4 Å². The van der Waals surface area contributed by atoms with Gasteiger partial charge in [0.15, 0.2) is 6.61 Å². The molecule has 31 heavy (non-hydrogen) atoms. The van der Waals surface area contributed by atoms with Crippen molar-refractivity contribution < 1.29 is 14.3 Å². The molecule has 0 bridgehead atoms. The molecule has 6 heteroatoms. The predicted octanol–water partition coefficient (Wildman–Crippen LogP) is 4.98. The molecule has 2 rings (SSSR count). The Kier molecular flexibility index (Phi) is 8.13. The van der Waals surface area contributed by atoms with Gasteiger partial charge in [-0.3, -0.25) is 9.59 Å². The second-order valence-corrected chi connectivity index (χ2v) is 9.43. The first-order valence-electron chi connectivity index (χ1n) is 10.4. The minimum absolute atomic E-state index is 0.165. The molecule has 2 aromatic carbocycles. The van der Waals surface area contributed by atoms with E-state index < -0.39 is 11.6 Å². The lowest BCUT2D eigenvalue weighted by atomic mass is 10.1. The Morgan fingerprint density at radius 1 is 1.13 bits per heavy atom. The molecule has 0 heterocycles. The summed E-state index contributed by atoms with van der Waals surface area (Å²) in [7, 11) is 0. The smallest absolute Gasteiger partial charge is 0.261 e. The number of hydrogen-bond acceptors (Lipinski definition) is 3. The topological polar surface area (TPSA) is 58.6 Å². The van der Waals surface area contributed by atoms with E-state index in [-0.39, 0.29) is 25.0 Å². The van der Waals surface area contributed by atoms with Gasteiger partial charge in [-0.25, -0.2) is 0 Å². The number of hydrogen-bond donors (Lipinski definition) is 1. The fourth-order valence-electron chi connectivity index (χ4n) is 3.24. The van der Waals surface area contributed by atoms with Gasteiger partial charge in [0.2, 0.25) is 5.91 Å². The second-order valence-electron chi connectivity index (χ2n) is 9.02. The Labute approximate surface area is 190 Å². The zero-order chi connectivity index (χ0) is 23.3. The summed E-state index contributed by atoms with van der Waals surface area (Å²) in [5.41, 5.74) is 3.53. The first-order valence-corrected chi connectivity index (χ1v) is 10.8. The summed E-state index contributed by atoms with van der Waals surface area (Å²) >= 11 is 6.32. The number of carbonyl (C=O) groups excluding carboxylic acids is 2. The lowest BCUT2D eigenvalue weighted by molar-refractivity contribution is -0.142. The van der Waals surface area contributed by atoms with Crippen molar-refractivity contribution >= 4 is 23.4 Å². The summed E-state index contributed by atoms with van der Waals surface area (Å²) < 4.78 is 5.88. The van der Waals surface area contributed by atoms with Gasteiger partial charge in [0.25, 0.3) is 5.91 Å². The van der Waals surface area contributed by atoms with Gasteiger partial charge in [-0.05, 0) is 82.9 Å². The van der Waals surface area contributed by atoms with E-state index in [4.69, 9.17) is 16.3 Å². The van der Waals surface area contributed by atoms with E-state index in [0.29, 0.717) is 10.8 Å². The van der Waals surface area contributed by atoms with Gasteiger partial charge < -0.3 is 15.0 Å². The normalized spacial score (nSPS) is 12.3. The maximum absolute atomic E-state index is 13.2. The molecule has 1 N–H and O–H groups in total. The first kappa shape index (κ1) is 24.7. The van der Waals surface area contributed by atoms with Crippen LogP contribution in [0.4, 0.5) is 0 Å². The van der Waals surface area contributed by atoms with E-state index in [0.717, 1.165) is 22.3 Å². The molecule has 1 unspecified atom stereocenters. The molecule has 168 valence electrons. The zero-order valence-corrected chi connectivity index (χ0v) is 20.3. The van der Waals surface area contributed by atoms with Gasteiger partial charge in [-0.1, -0.05) is 35.9 Å². The standard InChI is InChI=1S/C25H33ClN2O3/c1-16-12-17(2)18(3)22(13-16)31-15-23(29)28(14-20-10-8-9-11-21(20)26)19(4)24(30)27-25(5,6)7/h8-13,19H,14-15H2,1-7H3,(H,27,30). The SMILES string of the molecule is Cc1cc(C)c(C)c(OCC(=O)N(Cc2ccccc2Cl)C(C)C(=O)NC(C)(C)C)c1. The quantitative estimate of drug-likeness (QED) is 0.655. The highest BCUT2D eigenvalue weighted by Gasteiger charge is 2.29. The average molecular weight is 445 g/mol. The minimum atomic E-state index is -0.688. The molecule has 0 saturated carbocycles. The van der Waals surface area contributed by atoms with Crippen LogP contribution in [0.3, 0.4) is 0 Å².